The Kier molecular flexibility index (Phi) is 9.28. The van der Waals surface area contributed by atoms with Crippen LogP contribution in [0.2, 0.25) is 0 Å². The number of hydrogen-bond acceptors (Lipinski definition) is 10. The van der Waals surface area contributed by atoms with E-state index in [9.17, 15) is 0 Å². The predicted molar refractivity (Wildman–Crippen MR) is 99.5 cm³/mol. The number of aromatic nitrogens is 6. The maximum atomic E-state index is 4.85. The molecule has 0 fully saturated rings. The van der Waals surface area contributed by atoms with E-state index in [2.05, 4.69) is 39.3 Å². The van der Waals surface area contributed by atoms with E-state index < -0.39 is 0 Å². The lowest BCUT2D eigenvalue weighted by Gasteiger charge is -1.68. The molecule has 4 aromatic rings. The van der Waals surface area contributed by atoms with Gasteiger partial charge >= 0.3 is 0 Å². The van der Waals surface area contributed by atoms with E-state index in [1.54, 1.807) is 40.2 Å². The molecular formula is C18H26N6O4. The van der Waals surface area contributed by atoms with Crippen molar-refractivity contribution in [1.82, 2.24) is 30.2 Å². The molecule has 0 saturated heterocycles. The maximum absolute atomic E-state index is 4.85. The van der Waals surface area contributed by atoms with Gasteiger partial charge in [-0.15, -0.1) is 0 Å². The molecule has 4 heterocycles. The van der Waals surface area contributed by atoms with Gasteiger partial charge in [0.2, 0.25) is 11.8 Å². The van der Waals surface area contributed by atoms with Crippen molar-refractivity contribution in [2.24, 2.45) is 0 Å². The predicted octanol–water partition coefficient (Wildman–Crippen LogP) is 3.96. The van der Waals surface area contributed by atoms with E-state index in [1.807, 2.05) is 27.7 Å². The third kappa shape index (κ3) is 10.00. The van der Waals surface area contributed by atoms with Crippen LogP contribution in [0.4, 0.5) is 0 Å². The molecular weight excluding hydrogens is 364 g/mol. The zero-order chi connectivity index (χ0) is 21.1. The molecule has 0 unspecified atom stereocenters. The lowest BCUT2D eigenvalue weighted by molar-refractivity contribution is 0.389. The summed E-state index contributed by atoms with van der Waals surface area (Å²) in [5.74, 6) is 4.10. The Hall–Kier alpha value is -3.30. The average Bonchev–Trinajstić information content (AvgIpc) is 3.37. The Morgan fingerprint density at radius 1 is 0.500 bits per heavy atom. The van der Waals surface area contributed by atoms with Crippen molar-refractivity contribution >= 4 is 0 Å². The Morgan fingerprint density at radius 2 is 0.857 bits per heavy atom. The molecule has 0 amide bonds. The summed E-state index contributed by atoms with van der Waals surface area (Å²) in [6.07, 6.45) is 3.27. The van der Waals surface area contributed by atoms with Crippen molar-refractivity contribution in [2.45, 2.75) is 55.4 Å². The van der Waals surface area contributed by atoms with Crippen molar-refractivity contribution in [2.75, 3.05) is 0 Å². The van der Waals surface area contributed by atoms with Crippen LogP contribution in [0.15, 0.2) is 30.4 Å². The number of rotatable bonds is 0. The molecule has 0 bridgehead atoms. The van der Waals surface area contributed by atoms with Crippen LogP contribution >= 0.6 is 0 Å². The second-order valence-electron chi connectivity index (χ2n) is 5.74. The summed E-state index contributed by atoms with van der Waals surface area (Å²) in [7, 11) is 0. The number of oxazole rings is 2. The molecule has 0 aliphatic rings. The Labute approximate surface area is 163 Å². The van der Waals surface area contributed by atoms with Crippen LogP contribution in [-0.4, -0.2) is 30.2 Å². The van der Waals surface area contributed by atoms with Crippen molar-refractivity contribution in [1.29, 1.82) is 0 Å². The highest BCUT2D eigenvalue weighted by Crippen LogP contribution is 1.96. The second kappa shape index (κ2) is 11.4. The number of nitrogens with zero attached hydrogens (tertiary/aromatic N) is 6. The van der Waals surface area contributed by atoms with Crippen LogP contribution in [0, 0.1) is 55.4 Å². The van der Waals surface area contributed by atoms with Crippen molar-refractivity contribution in [3.05, 3.63) is 59.1 Å². The highest BCUT2D eigenvalue weighted by atomic mass is 16.5. The first-order chi connectivity index (χ1) is 13.2. The molecule has 4 rings (SSSR count). The largest absolute Gasteiger partial charge is 0.449 e. The van der Waals surface area contributed by atoms with Crippen LogP contribution in [-0.2, 0) is 0 Å². The molecule has 4 aromatic heterocycles. The third-order valence-electron chi connectivity index (χ3n) is 2.73. The van der Waals surface area contributed by atoms with Gasteiger partial charge in [-0.25, -0.2) is 9.97 Å². The molecule has 0 spiro atoms. The van der Waals surface area contributed by atoms with Crippen LogP contribution in [0.5, 0.6) is 0 Å². The maximum Gasteiger partial charge on any atom is 0.223 e. The fourth-order valence-corrected chi connectivity index (χ4v) is 1.74. The zero-order valence-electron chi connectivity index (χ0n) is 17.5. The van der Waals surface area contributed by atoms with Crippen LogP contribution < -0.4 is 0 Å². The summed E-state index contributed by atoms with van der Waals surface area (Å²) in [5.41, 5.74) is 1.88. The van der Waals surface area contributed by atoms with Crippen LogP contribution in [0.3, 0.4) is 0 Å². The quantitative estimate of drug-likeness (QED) is 0.435. The van der Waals surface area contributed by atoms with E-state index in [1.165, 1.54) is 0 Å². The van der Waals surface area contributed by atoms with Crippen LogP contribution in [0.1, 0.15) is 46.6 Å². The normalized spacial score (nSPS) is 9.43. The minimum atomic E-state index is 0.623. The fraction of sp³-hybridized carbons (Fsp3) is 0.444. The monoisotopic (exact) mass is 390 g/mol. The minimum Gasteiger partial charge on any atom is -0.449 e. The summed E-state index contributed by atoms with van der Waals surface area (Å²) < 4.78 is 18.9. The molecule has 0 aromatic carbocycles. The van der Waals surface area contributed by atoms with Gasteiger partial charge in [-0.2, -0.15) is 9.97 Å². The van der Waals surface area contributed by atoms with Gasteiger partial charge < -0.3 is 17.9 Å². The molecule has 152 valence electrons. The summed E-state index contributed by atoms with van der Waals surface area (Å²) >= 11 is 0. The minimum absolute atomic E-state index is 0.623. The van der Waals surface area contributed by atoms with E-state index in [0.29, 0.717) is 23.4 Å². The van der Waals surface area contributed by atoms with E-state index in [4.69, 9.17) is 8.83 Å². The first kappa shape index (κ1) is 22.7. The standard InChI is InChI=1S/2C5H7NO.2C4H6N2O/c2*1-4-3-7-5(2)6-4;2*1-3-5-4(2)7-6-3/h2*3H,1-2H3;2*1-2H3. The zero-order valence-corrected chi connectivity index (χ0v) is 17.5. The smallest absolute Gasteiger partial charge is 0.223 e. The Balaban J connectivity index is 0.000000187. The molecule has 10 heteroatoms. The molecule has 0 atom stereocenters. The number of hydrogen-bond donors (Lipinski definition) is 0. The summed E-state index contributed by atoms with van der Waals surface area (Å²) in [4.78, 5) is 15.6. The lowest BCUT2D eigenvalue weighted by atomic mass is 10.6. The fourth-order valence-electron chi connectivity index (χ4n) is 1.74. The Bertz CT molecular complexity index is 718. The van der Waals surface area contributed by atoms with Gasteiger partial charge in [0.15, 0.2) is 23.4 Å². The summed E-state index contributed by atoms with van der Waals surface area (Å²) in [6.45, 7) is 14.6. The SMILES string of the molecule is Cc1coc(C)n1.Cc1coc(C)n1.Cc1noc(C)n1.Cc1noc(C)n1. The molecule has 0 radical (unpaired) electrons. The van der Waals surface area contributed by atoms with Gasteiger partial charge in [-0.1, -0.05) is 10.3 Å². The highest BCUT2D eigenvalue weighted by Gasteiger charge is 1.91. The molecule has 0 saturated carbocycles. The molecule has 10 nitrogen and oxygen atoms in total. The first-order valence-electron chi connectivity index (χ1n) is 8.47. The van der Waals surface area contributed by atoms with Gasteiger partial charge in [0.25, 0.3) is 0 Å². The molecule has 0 N–H and O–H groups in total. The summed E-state index contributed by atoms with van der Waals surface area (Å²) in [6, 6.07) is 0. The van der Waals surface area contributed by atoms with E-state index >= 15 is 0 Å². The van der Waals surface area contributed by atoms with Gasteiger partial charge in [0.05, 0.1) is 11.4 Å². The van der Waals surface area contributed by atoms with E-state index in [0.717, 1.165) is 23.2 Å². The lowest BCUT2D eigenvalue weighted by Crippen LogP contribution is -1.70. The third-order valence-corrected chi connectivity index (χ3v) is 2.73. The first-order valence-corrected chi connectivity index (χ1v) is 8.47. The molecule has 28 heavy (non-hydrogen) atoms. The van der Waals surface area contributed by atoms with E-state index in [-0.39, 0.29) is 0 Å². The van der Waals surface area contributed by atoms with Gasteiger partial charge in [0.1, 0.15) is 12.5 Å². The summed E-state index contributed by atoms with van der Waals surface area (Å²) in [5, 5.41) is 7.06. The number of aryl methyl sites for hydroxylation is 8. The Morgan fingerprint density at radius 3 is 0.929 bits per heavy atom. The van der Waals surface area contributed by atoms with Gasteiger partial charge in [0, 0.05) is 27.7 Å². The van der Waals surface area contributed by atoms with Crippen molar-refractivity contribution in [3.63, 3.8) is 0 Å². The second-order valence-corrected chi connectivity index (χ2v) is 5.74. The highest BCUT2D eigenvalue weighted by molar-refractivity contribution is 4.90. The van der Waals surface area contributed by atoms with Gasteiger partial charge in [-0.05, 0) is 27.7 Å². The molecule has 0 aliphatic carbocycles. The van der Waals surface area contributed by atoms with Crippen LogP contribution in [0.25, 0.3) is 0 Å². The van der Waals surface area contributed by atoms with Crippen molar-refractivity contribution < 1.29 is 17.9 Å². The topological polar surface area (TPSA) is 130 Å². The average molecular weight is 390 g/mol. The van der Waals surface area contributed by atoms with Gasteiger partial charge in [-0.3, -0.25) is 0 Å². The molecule has 0 aliphatic heterocycles. The van der Waals surface area contributed by atoms with Crippen molar-refractivity contribution in [3.8, 4) is 0 Å².